The maximum atomic E-state index is 12.3. The molecule has 2 aromatic rings. The van der Waals surface area contributed by atoms with Crippen molar-refractivity contribution in [2.24, 2.45) is 7.05 Å². The van der Waals surface area contributed by atoms with Gasteiger partial charge in [0.1, 0.15) is 11.1 Å². The van der Waals surface area contributed by atoms with E-state index in [2.05, 4.69) is 21.8 Å². The van der Waals surface area contributed by atoms with E-state index in [9.17, 15) is 10.1 Å². The highest BCUT2D eigenvalue weighted by molar-refractivity contribution is 7.16. The molecule has 0 spiro atoms. The summed E-state index contributed by atoms with van der Waals surface area (Å²) in [6.07, 6.45) is 2.52. The summed E-state index contributed by atoms with van der Waals surface area (Å²) in [7, 11) is 1.78. The van der Waals surface area contributed by atoms with Crippen molar-refractivity contribution in [1.29, 1.82) is 5.26 Å². The van der Waals surface area contributed by atoms with E-state index in [1.807, 2.05) is 0 Å². The van der Waals surface area contributed by atoms with Gasteiger partial charge in [-0.2, -0.15) is 10.4 Å². The van der Waals surface area contributed by atoms with Crippen molar-refractivity contribution in [2.75, 3.05) is 11.9 Å². The first-order valence-electron chi connectivity index (χ1n) is 6.67. The van der Waals surface area contributed by atoms with Crippen LogP contribution in [0.15, 0.2) is 6.20 Å². The number of nitriles is 1. The molecule has 1 aliphatic heterocycles. The largest absolute Gasteiger partial charge is 0.312 e. The smallest absolute Gasteiger partial charge is 0.259 e. The fraction of sp³-hybridized carbons (Fsp3) is 0.357. The van der Waals surface area contributed by atoms with Crippen LogP contribution in [0.25, 0.3) is 0 Å². The highest BCUT2D eigenvalue weighted by atomic mass is 32.1. The maximum Gasteiger partial charge on any atom is 0.259 e. The molecule has 21 heavy (non-hydrogen) atoms. The highest BCUT2D eigenvalue weighted by Gasteiger charge is 2.22. The molecular formula is C14H15N5OS. The van der Waals surface area contributed by atoms with Crippen LogP contribution in [0, 0.1) is 18.3 Å². The normalized spacial score (nSPS) is 13.6. The topological polar surface area (TPSA) is 82.7 Å². The molecule has 7 heteroatoms. The number of carbonyl (C=O) groups excluding carboxylic acids is 1. The first-order chi connectivity index (χ1) is 10.1. The molecule has 0 aromatic carbocycles. The minimum atomic E-state index is -0.219. The van der Waals surface area contributed by atoms with Gasteiger partial charge in [-0.15, -0.1) is 11.3 Å². The monoisotopic (exact) mass is 301 g/mol. The number of hydrogen-bond acceptors (Lipinski definition) is 5. The number of anilines is 1. The second-order valence-corrected chi connectivity index (χ2v) is 6.11. The van der Waals surface area contributed by atoms with E-state index in [1.54, 1.807) is 24.9 Å². The zero-order valence-corrected chi connectivity index (χ0v) is 12.7. The molecule has 0 saturated carbocycles. The van der Waals surface area contributed by atoms with Crippen LogP contribution in [0.5, 0.6) is 0 Å². The highest BCUT2D eigenvalue weighted by Crippen LogP contribution is 2.35. The lowest BCUT2D eigenvalue weighted by Gasteiger charge is -2.11. The number of hydrogen-bond donors (Lipinski definition) is 2. The van der Waals surface area contributed by atoms with Crippen molar-refractivity contribution in [2.45, 2.75) is 19.9 Å². The van der Waals surface area contributed by atoms with Crippen molar-refractivity contribution < 1.29 is 4.79 Å². The average molecular weight is 301 g/mol. The van der Waals surface area contributed by atoms with E-state index < -0.39 is 0 Å². The van der Waals surface area contributed by atoms with Crippen LogP contribution in [0.2, 0.25) is 0 Å². The van der Waals surface area contributed by atoms with Gasteiger partial charge in [0.25, 0.3) is 5.91 Å². The molecule has 3 rings (SSSR count). The number of aryl methyl sites for hydroxylation is 2. The fourth-order valence-electron chi connectivity index (χ4n) is 2.53. The molecule has 0 bridgehead atoms. The molecule has 0 saturated heterocycles. The Morgan fingerprint density at radius 1 is 1.62 bits per heavy atom. The zero-order chi connectivity index (χ0) is 15.0. The first-order valence-corrected chi connectivity index (χ1v) is 7.48. The summed E-state index contributed by atoms with van der Waals surface area (Å²) < 4.78 is 1.61. The predicted molar refractivity (Wildman–Crippen MR) is 80.3 cm³/mol. The van der Waals surface area contributed by atoms with E-state index in [0.29, 0.717) is 21.8 Å². The van der Waals surface area contributed by atoms with Crippen molar-refractivity contribution >= 4 is 22.2 Å². The van der Waals surface area contributed by atoms with Gasteiger partial charge in [-0.05, 0) is 25.5 Å². The summed E-state index contributed by atoms with van der Waals surface area (Å²) in [6.45, 7) is 3.42. The van der Waals surface area contributed by atoms with Gasteiger partial charge in [0, 0.05) is 24.7 Å². The number of thiophene rings is 1. The van der Waals surface area contributed by atoms with Crippen LogP contribution in [0.3, 0.4) is 0 Å². The lowest BCUT2D eigenvalue weighted by Crippen LogP contribution is -2.22. The summed E-state index contributed by atoms with van der Waals surface area (Å²) in [6, 6.07) is 2.23. The van der Waals surface area contributed by atoms with Gasteiger partial charge in [0.15, 0.2) is 0 Å². The fourth-order valence-corrected chi connectivity index (χ4v) is 3.70. The third-order valence-corrected chi connectivity index (χ3v) is 4.67. The third-order valence-electron chi connectivity index (χ3n) is 3.52. The Morgan fingerprint density at radius 3 is 3.10 bits per heavy atom. The van der Waals surface area contributed by atoms with Crippen molar-refractivity contribution in [3.63, 3.8) is 0 Å². The molecule has 0 atom stereocenters. The lowest BCUT2D eigenvalue weighted by molar-refractivity contribution is 0.102. The van der Waals surface area contributed by atoms with E-state index in [-0.39, 0.29) is 5.91 Å². The molecule has 108 valence electrons. The number of nitrogens with one attached hydrogen (secondary N) is 2. The van der Waals surface area contributed by atoms with Crippen molar-refractivity contribution in [1.82, 2.24) is 15.1 Å². The molecule has 0 fully saturated rings. The summed E-state index contributed by atoms with van der Waals surface area (Å²) in [5.41, 5.74) is 2.88. The van der Waals surface area contributed by atoms with Gasteiger partial charge in [0.2, 0.25) is 0 Å². The molecule has 2 aromatic heterocycles. The maximum absolute atomic E-state index is 12.3. The van der Waals surface area contributed by atoms with Crippen molar-refractivity contribution in [3.05, 3.63) is 33.5 Å². The van der Waals surface area contributed by atoms with Crippen LogP contribution in [-0.2, 0) is 20.0 Å². The van der Waals surface area contributed by atoms with Gasteiger partial charge in [-0.1, -0.05) is 0 Å². The van der Waals surface area contributed by atoms with Crippen LogP contribution >= 0.6 is 11.3 Å². The van der Waals surface area contributed by atoms with Gasteiger partial charge in [0.05, 0.1) is 16.8 Å². The summed E-state index contributed by atoms with van der Waals surface area (Å²) >= 11 is 1.48. The molecule has 0 radical (unpaired) electrons. The van der Waals surface area contributed by atoms with E-state index in [4.69, 9.17) is 0 Å². The summed E-state index contributed by atoms with van der Waals surface area (Å²) in [5.74, 6) is -0.219. The molecule has 6 nitrogen and oxygen atoms in total. The molecule has 0 aliphatic carbocycles. The zero-order valence-electron chi connectivity index (χ0n) is 11.9. The number of nitrogens with zero attached hydrogens (tertiary/aromatic N) is 3. The standard InChI is InChI=1S/C14H15N5OS/c1-8-11(7-19(2)18-8)13(20)17-14-10(5-15)9-3-4-16-6-12(9)21-14/h7,16H,3-4,6H2,1-2H3,(H,17,20). The molecule has 1 amide bonds. The van der Waals surface area contributed by atoms with Crippen LogP contribution in [0.1, 0.15) is 32.1 Å². The van der Waals surface area contributed by atoms with Gasteiger partial charge in [-0.25, -0.2) is 0 Å². The number of carbonyl (C=O) groups is 1. The predicted octanol–water partition coefficient (Wildman–Crippen LogP) is 1.56. The number of rotatable bonds is 2. The van der Waals surface area contributed by atoms with Crippen LogP contribution in [-0.4, -0.2) is 22.2 Å². The minimum Gasteiger partial charge on any atom is -0.312 e. The Balaban J connectivity index is 1.92. The van der Waals surface area contributed by atoms with E-state index in [1.165, 1.54) is 11.3 Å². The molecule has 0 unspecified atom stereocenters. The number of fused-ring (bicyclic) bond motifs is 1. The van der Waals surface area contributed by atoms with E-state index >= 15 is 0 Å². The Morgan fingerprint density at radius 2 is 2.43 bits per heavy atom. The Labute approximate surface area is 126 Å². The van der Waals surface area contributed by atoms with Gasteiger partial charge < -0.3 is 10.6 Å². The van der Waals surface area contributed by atoms with Gasteiger partial charge in [-0.3, -0.25) is 9.48 Å². The van der Waals surface area contributed by atoms with Crippen LogP contribution < -0.4 is 10.6 Å². The molecule has 3 heterocycles. The Hall–Kier alpha value is -2.17. The van der Waals surface area contributed by atoms with Crippen molar-refractivity contribution in [3.8, 4) is 6.07 Å². The second-order valence-electron chi connectivity index (χ2n) is 5.00. The van der Waals surface area contributed by atoms with Crippen LogP contribution in [0.4, 0.5) is 5.00 Å². The summed E-state index contributed by atoms with van der Waals surface area (Å²) in [5, 5.41) is 20.3. The van der Waals surface area contributed by atoms with Gasteiger partial charge >= 0.3 is 0 Å². The molecular weight excluding hydrogens is 286 g/mol. The minimum absolute atomic E-state index is 0.219. The quantitative estimate of drug-likeness (QED) is 0.882. The Kier molecular flexibility index (Phi) is 3.49. The average Bonchev–Trinajstić information content (AvgIpc) is 2.97. The molecule has 2 N–H and O–H groups in total. The third kappa shape index (κ3) is 2.44. The number of amides is 1. The Bertz CT molecular complexity index is 752. The SMILES string of the molecule is Cc1nn(C)cc1C(=O)Nc1sc2c(c1C#N)CCNC2. The second kappa shape index (κ2) is 5.31. The number of aromatic nitrogens is 2. The van der Waals surface area contributed by atoms with E-state index in [0.717, 1.165) is 30.0 Å². The molecule has 1 aliphatic rings. The first kappa shape index (κ1) is 13.8. The lowest BCUT2D eigenvalue weighted by atomic mass is 10.1. The summed E-state index contributed by atoms with van der Waals surface area (Å²) in [4.78, 5) is 13.5.